The summed E-state index contributed by atoms with van der Waals surface area (Å²) in [6.45, 7) is 2.29. The number of rotatable bonds is 28. The van der Waals surface area contributed by atoms with E-state index in [4.69, 9.17) is 15.9 Å². The zero-order valence-corrected chi connectivity index (χ0v) is 25.2. The fourth-order valence-electron chi connectivity index (χ4n) is 4.69. The Morgan fingerprint density at radius 3 is 1.03 bits per heavy atom. The van der Waals surface area contributed by atoms with Crippen LogP contribution < -0.4 is 5.73 Å². The van der Waals surface area contributed by atoms with Crippen molar-refractivity contribution in [3.05, 3.63) is 0 Å². The molecule has 0 atom stereocenters. The lowest BCUT2D eigenvalue weighted by molar-refractivity contribution is -0.156. The molecule has 0 aliphatic rings. The third kappa shape index (κ3) is 41.2. The second-order valence-corrected chi connectivity index (χ2v) is 11.1. The fraction of sp³-hybridized carbons (Fsp3) is 0.906. The summed E-state index contributed by atoms with van der Waals surface area (Å²) in [5.41, 5.74) is 5.35. The van der Waals surface area contributed by atoms with Crippen molar-refractivity contribution < 1.29 is 22.8 Å². The predicted octanol–water partition coefficient (Wildman–Crippen LogP) is 10.8. The van der Waals surface area contributed by atoms with Crippen molar-refractivity contribution in [1.82, 2.24) is 0 Å². The van der Waals surface area contributed by atoms with Crippen molar-refractivity contribution >= 4 is 17.9 Å². The Balaban J connectivity index is 0. The van der Waals surface area contributed by atoms with Crippen molar-refractivity contribution in [3.8, 4) is 0 Å². The Morgan fingerprint density at radius 2 is 0.795 bits per heavy atom. The Kier molecular flexibility index (Phi) is 31.7. The van der Waals surface area contributed by atoms with Crippen molar-refractivity contribution in [2.24, 2.45) is 5.73 Å². The highest BCUT2D eigenvalue weighted by molar-refractivity contribution is 5.78. The quantitative estimate of drug-likeness (QED) is 0.0430. The topological polar surface area (TPSA) is 84.0 Å². The van der Waals surface area contributed by atoms with Gasteiger partial charge < -0.3 is 5.73 Å². The third-order valence-electron chi connectivity index (χ3n) is 7.09. The number of carbonyl (C=O) groups is 2. The van der Waals surface area contributed by atoms with E-state index in [-0.39, 0.29) is 0 Å². The molecule has 0 bridgehead atoms. The Bertz CT molecular complexity index is 554. The first-order valence-electron chi connectivity index (χ1n) is 16.1. The highest BCUT2D eigenvalue weighted by Gasteiger charge is 2.24. The van der Waals surface area contributed by atoms with E-state index in [9.17, 15) is 18.0 Å². The molecule has 232 valence electrons. The van der Waals surface area contributed by atoms with Gasteiger partial charge in [-0.05, 0) is 19.3 Å². The summed E-state index contributed by atoms with van der Waals surface area (Å²) in [5, 5.41) is 7.20. The molecule has 0 spiro atoms. The molecule has 0 aromatic heterocycles. The molecule has 7 heteroatoms. The number of Topliss-reactive ketones (excluding diaryl/α,β-unsaturated/α-hetero) is 1. The smallest absolute Gasteiger partial charge is 0.388 e. The molecule has 0 heterocycles. The van der Waals surface area contributed by atoms with Crippen LogP contribution in [0.1, 0.15) is 180 Å². The summed E-state index contributed by atoms with van der Waals surface area (Å²) >= 11 is 0. The second-order valence-electron chi connectivity index (χ2n) is 11.1. The number of carbonyl (C=O) groups excluding carboxylic acids is 2. The van der Waals surface area contributed by atoms with Gasteiger partial charge in [0.1, 0.15) is 5.78 Å². The van der Waals surface area contributed by atoms with Crippen LogP contribution in [0.3, 0.4) is 0 Å². The molecule has 0 aromatic carbocycles. The molecule has 0 aliphatic carbocycles. The van der Waals surface area contributed by atoms with Crippen LogP contribution in [-0.2, 0) is 9.59 Å². The van der Waals surface area contributed by atoms with Crippen molar-refractivity contribution in [2.45, 2.75) is 186 Å². The third-order valence-corrected chi connectivity index (χ3v) is 7.09. The Hall–Kier alpha value is -1.40. The summed E-state index contributed by atoms with van der Waals surface area (Å²) in [7, 11) is 0. The number of hydrogen-bond acceptors (Lipinski definition) is 3. The zero-order chi connectivity index (χ0) is 29.5. The first-order valence-corrected chi connectivity index (χ1v) is 16.1. The van der Waals surface area contributed by atoms with Crippen LogP contribution in [0.2, 0.25) is 0 Å². The molecule has 0 radical (unpaired) electrons. The normalized spacial score (nSPS) is 11.2. The molecule has 0 aliphatic heterocycles. The van der Waals surface area contributed by atoms with Crippen LogP contribution >= 0.6 is 0 Å². The lowest BCUT2D eigenvalue weighted by Crippen LogP contribution is -2.08. The number of hydrogen-bond donors (Lipinski definition) is 2. The largest absolute Gasteiger partial charge is 0.446 e. The maximum absolute atomic E-state index is 12.0. The molecule has 0 saturated carbocycles. The van der Waals surface area contributed by atoms with Gasteiger partial charge in [0.25, 0.3) is 0 Å². The van der Waals surface area contributed by atoms with Crippen LogP contribution in [0.25, 0.3) is 0 Å². The van der Waals surface area contributed by atoms with Gasteiger partial charge in [-0.1, -0.05) is 142 Å². The summed E-state index contributed by atoms with van der Waals surface area (Å²) in [6, 6.07) is 0. The van der Waals surface area contributed by atoms with Gasteiger partial charge in [0.15, 0.2) is 0 Å². The molecule has 0 fully saturated rings. The van der Waals surface area contributed by atoms with E-state index in [2.05, 4.69) is 6.92 Å². The van der Waals surface area contributed by atoms with Crippen LogP contribution in [0.15, 0.2) is 0 Å². The lowest BCUT2D eigenvalue weighted by atomic mass is 10.0. The number of halogens is 3. The number of nitrogens with one attached hydrogen (secondary N) is 1. The molecular weight excluding hydrogens is 501 g/mol. The van der Waals surface area contributed by atoms with Crippen molar-refractivity contribution in [3.63, 3.8) is 0 Å². The first kappa shape index (κ1) is 39.7. The van der Waals surface area contributed by atoms with E-state index < -0.39 is 12.5 Å². The van der Waals surface area contributed by atoms with Gasteiger partial charge in [-0.25, -0.2) is 0 Å². The van der Waals surface area contributed by atoms with Gasteiger partial charge in [0.05, 0.1) is 5.84 Å². The summed E-state index contributed by atoms with van der Waals surface area (Å²) < 4.78 is 31.2. The minimum absolute atomic E-state index is 0.296. The minimum atomic E-state index is -4.64. The summed E-state index contributed by atoms with van der Waals surface area (Å²) in [4.78, 5) is 20.7. The number of alkyl halides is 3. The molecule has 0 aromatic rings. The average molecular weight is 563 g/mol. The van der Waals surface area contributed by atoms with Crippen LogP contribution in [0.4, 0.5) is 13.2 Å². The van der Waals surface area contributed by atoms with Gasteiger partial charge in [0, 0.05) is 19.3 Å². The highest BCUT2D eigenvalue weighted by atomic mass is 19.4. The van der Waals surface area contributed by atoms with E-state index >= 15 is 0 Å². The highest BCUT2D eigenvalue weighted by Crippen LogP contribution is 2.15. The van der Waals surface area contributed by atoms with E-state index in [1.807, 2.05) is 0 Å². The van der Waals surface area contributed by atoms with Gasteiger partial charge in [-0.2, -0.15) is 13.2 Å². The molecular formula is C32H61F3N2O2. The minimum Gasteiger partial charge on any atom is -0.388 e. The van der Waals surface area contributed by atoms with Gasteiger partial charge in [0.2, 0.25) is 6.29 Å². The van der Waals surface area contributed by atoms with Crippen LogP contribution in [0, 0.1) is 5.41 Å². The second kappa shape index (κ2) is 31.1. The monoisotopic (exact) mass is 562 g/mol. The van der Waals surface area contributed by atoms with Crippen molar-refractivity contribution in [1.29, 1.82) is 5.41 Å². The molecule has 0 amide bonds. The maximum Gasteiger partial charge on any atom is 0.446 e. The Labute approximate surface area is 238 Å². The van der Waals surface area contributed by atoms with Gasteiger partial charge >= 0.3 is 6.18 Å². The first-order chi connectivity index (χ1) is 18.7. The van der Waals surface area contributed by atoms with Crippen LogP contribution in [0.5, 0.6) is 0 Å². The number of nitrogens with two attached hydrogens (primary N) is 1. The van der Waals surface area contributed by atoms with E-state index in [0.29, 0.717) is 11.6 Å². The summed E-state index contributed by atoms with van der Waals surface area (Å²) in [6.07, 6.45) is 28.6. The SMILES string of the molecule is CCCCCCCCCCCCCCCCCCCCCC(=O)CCCCCCCC(=N)N.O=CC(F)(F)F. The molecule has 0 rings (SSSR count). The Morgan fingerprint density at radius 1 is 0.564 bits per heavy atom. The molecule has 39 heavy (non-hydrogen) atoms. The number of amidine groups is 1. The molecule has 3 N–H and O–H groups in total. The van der Waals surface area contributed by atoms with Gasteiger partial charge in [-0.3, -0.25) is 15.0 Å². The van der Waals surface area contributed by atoms with Gasteiger partial charge in [-0.15, -0.1) is 0 Å². The number of aldehydes is 1. The van der Waals surface area contributed by atoms with Crippen LogP contribution in [-0.4, -0.2) is 24.1 Å². The zero-order valence-electron chi connectivity index (χ0n) is 25.2. The van der Waals surface area contributed by atoms with E-state index in [1.54, 1.807) is 0 Å². The average Bonchev–Trinajstić information content (AvgIpc) is 2.89. The van der Waals surface area contributed by atoms with E-state index in [0.717, 1.165) is 51.4 Å². The maximum atomic E-state index is 12.0. The predicted molar refractivity (Wildman–Crippen MR) is 159 cm³/mol. The molecule has 4 nitrogen and oxygen atoms in total. The number of unbranched alkanes of at least 4 members (excludes halogenated alkanes) is 22. The number of ketones is 1. The fourth-order valence-corrected chi connectivity index (χ4v) is 4.69. The lowest BCUT2D eigenvalue weighted by Gasteiger charge is -2.04. The molecule has 0 saturated heterocycles. The summed E-state index contributed by atoms with van der Waals surface area (Å²) in [5.74, 6) is 0.760. The van der Waals surface area contributed by atoms with Crippen molar-refractivity contribution in [2.75, 3.05) is 0 Å². The van der Waals surface area contributed by atoms with E-state index in [1.165, 1.54) is 122 Å². The standard InChI is InChI=1S/C30H60N2O.C2HF3O/c1-2-3-4-5-6-7-8-9-10-11-12-13-14-15-16-17-18-20-23-26-29(33)27-24-21-19-22-25-28-30(31)32;3-2(4,5)1-6/h2-28H2,1H3,(H3,31,32);1H. The molecule has 0 unspecified atom stereocenters.